The fourth-order valence-electron chi connectivity index (χ4n) is 1.88. The lowest BCUT2D eigenvalue weighted by molar-refractivity contribution is 0.278. The molecule has 102 valence electrons. The number of benzene rings is 1. The van der Waals surface area contributed by atoms with Gasteiger partial charge in [-0.05, 0) is 24.5 Å². The van der Waals surface area contributed by atoms with Crippen LogP contribution in [0, 0.1) is 0 Å². The van der Waals surface area contributed by atoms with Crippen molar-refractivity contribution >= 4 is 10.0 Å². The largest absolute Gasteiger partial charge is 0.392 e. The molecule has 0 fully saturated rings. The molecule has 0 amide bonds. The van der Waals surface area contributed by atoms with E-state index in [-0.39, 0.29) is 11.5 Å². The average molecular weight is 271 g/mol. The van der Waals surface area contributed by atoms with Crippen LogP contribution in [0.15, 0.2) is 29.2 Å². The Bertz CT molecular complexity index is 465. The van der Waals surface area contributed by atoms with Gasteiger partial charge in [-0.3, -0.25) is 0 Å². The van der Waals surface area contributed by atoms with Crippen molar-refractivity contribution < 1.29 is 13.5 Å². The Kier molecular flexibility index (Phi) is 5.78. The number of hydrogen-bond acceptors (Lipinski definition) is 3. The minimum absolute atomic E-state index is 0.217. The average Bonchev–Trinajstić information content (AvgIpc) is 2.38. The highest BCUT2D eigenvalue weighted by Crippen LogP contribution is 2.20. The third kappa shape index (κ3) is 3.31. The fourth-order valence-corrected chi connectivity index (χ4v) is 3.71. The van der Waals surface area contributed by atoms with Gasteiger partial charge in [0.2, 0.25) is 10.0 Å². The summed E-state index contributed by atoms with van der Waals surface area (Å²) < 4.78 is 26.5. The summed E-state index contributed by atoms with van der Waals surface area (Å²) in [6.45, 7) is 4.67. The van der Waals surface area contributed by atoms with Gasteiger partial charge in [0.15, 0.2) is 0 Å². The number of nitrogens with zero attached hydrogens (tertiary/aromatic N) is 1. The smallest absolute Gasteiger partial charge is 0.243 e. The molecule has 0 aromatic heterocycles. The lowest BCUT2D eigenvalue weighted by atomic mass is 10.2. The number of sulfonamides is 1. The minimum Gasteiger partial charge on any atom is -0.392 e. The van der Waals surface area contributed by atoms with Gasteiger partial charge in [-0.1, -0.05) is 32.0 Å². The molecule has 1 rings (SSSR count). The molecule has 0 unspecified atom stereocenters. The molecule has 1 aromatic carbocycles. The second-order valence-electron chi connectivity index (χ2n) is 4.17. The molecule has 0 radical (unpaired) electrons. The molecule has 1 N–H and O–H groups in total. The second-order valence-corrected chi connectivity index (χ2v) is 6.08. The van der Waals surface area contributed by atoms with Crippen LogP contribution in [0.4, 0.5) is 0 Å². The molecule has 0 atom stereocenters. The molecule has 0 spiro atoms. The molecule has 0 aliphatic rings. The van der Waals surface area contributed by atoms with Crippen molar-refractivity contribution in [3.8, 4) is 0 Å². The Morgan fingerprint density at radius 1 is 1.11 bits per heavy atom. The molecular weight excluding hydrogens is 250 g/mol. The highest BCUT2D eigenvalue weighted by atomic mass is 32.2. The van der Waals surface area contributed by atoms with Crippen LogP contribution in [0.2, 0.25) is 0 Å². The highest BCUT2D eigenvalue weighted by molar-refractivity contribution is 7.89. The van der Waals surface area contributed by atoms with E-state index in [0.717, 1.165) is 12.8 Å². The van der Waals surface area contributed by atoms with Crippen molar-refractivity contribution in [1.29, 1.82) is 0 Å². The molecule has 0 bridgehead atoms. The topological polar surface area (TPSA) is 57.6 Å². The van der Waals surface area contributed by atoms with Crippen LogP contribution < -0.4 is 0 Å². The van der Waals surface area contributed by atoms with Crippen molar-refractivity contribution in [2.75, 3.05) is 13.1 Å². The highest BCUT2D eigenvalue weighted by Gasteiger charge is 2.25. The van der Waals surface area contributed by atoms with Crippen LogP contribution in [-0.4, -0.2) is 30.9 Å². The van der Waals surface area contributed by atoms with Crippen LogP contribution in [0.3, 0.4) is 0 Å². The van der Waals surface area contributed by atoms with E-state index < -0.39 is 10.0 Å². The van der Waals surface area contributed by atoms with Gasteiger partial charge in [-0.25, -0.2) is 8.42 Å². The first kappa shape index (κ1) is 15.1. The monoisotopic (exact) mass is 271 g/mol. The predicted molar refractivity (Wildman–Crippen MR) is 71.7 cm³/mol. The molecule has 0 aliphatic heterocycles. The molecule has 18 heavy (non-hydrogen) atoms. The fraction of sp³-hybridized carbons (Fsp3) is 0.538. The molecule has 5 heteroatoms. The number of aliphatic hydroxyl groups excluding tert-OH is 1. The van der Waals surface area contributed by atoms with Crippen LogP contribution in [0.5, 0.6) is 0 Å². The quantitative estimate of drug-likeness (QED) is 0.825. The SMILES string of the molecule is CCCN(CCC)S(=O)(=O)c1ccccc1CO. The maximum absolute atomic E-state index is 12.5. The second kappa shape index (κ2) is 6.87. The summed E-state index contributed by atoms with van der Waals surface area (Å²) in [6.07, 6.45) is 1.56. The minimum atomic E-state index is -3.49. The van der Waals surface area contributed by atoms with Crippen LogP contribution >= 0.6 is 0 Å². The van der Waals surface area contributed by atoms with E-state index in [1.165, 1.54) is 4.31 Å². The van der Waals surface area contributed by atoms with Crippen LogP contribution in [-0.2, 0) is 16.6 Å². The molecule has 0 aliphatic carbocycles. The van der Waals surface area contributed by atoms with Gasteiger partial charge in [0.1, 0.15) is 0 Å². The van der Waals surface area contributed by atoms with Crippen molar-refractivity contribution in [2.45, 2.75) is 38.2 Å². The predicted octanol–water partition coefficient (Wildman–Crippen LogP) is 1.99. The van der Waals surface area contributed by atoms with Crippen molar-refractivity contribution in [3.63, 3.8) is 0 Å². The Morgan fingerprint density at radius 2 is 1.67 bits per heavy atom. The van der Waals surface area contributed by atoms with Gasteiger partial charge >= 0.3 is 0 Å². The van der Waals surface area contributed by atoms with E-state index >= 15 is 0 Å². The van der Waals surface area contributed by atoms with E-state index in [0.29, 0.717) is 18.7 Å². The van der Waals surface area contributed by atoms with Crippen LogP contribution in [0.1, 0.15) is 32.3 Å². The van der Waals surface area contributed by atoms with E-state index in [4.69, 9.17) is 0 Å². The zero-order valence-electron chi connectivity index (χ0n) is 11.0. The molecule has 0 saturated heterocycles. The zero-order valence-corrected chi connectivity index (χ0v) is 11.8. The summed E-state index contributed by atoms with van der Waals surface area (Å²) in [4.78, 5) is 0.217. The molecule has 4 nitrogen and oxygen atoms in total. The van der Waals surface area contributed by atoms with Gasteiger partial charge in [0, 0.05) is 13.1 Å². The van der Waals surface area contributed by atoms with Crippen molar-refractivity contribution in [2.24, 2.45) is 0 Å². The maximum Gasteiger partial charge on any atom is 0.243 e. The van der Waals surface area contributed by atoms with E-state index in [2.05, 4.69) is 0 Å². The number of rotatable bonds is 7. The summed E-state index contributed by atoms with van der Waals surface area (Å²) >= 11 is 0. The first-order valence-electron chi connectivity index (χ1n) is 6.26. The first-order valence-corrected chi connectivity index (χ1v) is 7.70. The molecule has 0 heterocycles. The normalized spacial score (nSPS) is 12.0. The summed E-state index contributed by atoms with van der Waals surface area (Å²) in [6, 6.07) is 6.61. The standard InChI is InChI=1S/C13H21NO3S/c1-3-9-14(10-4-2)18(16,17)13-8-6-5-7-12(13)11-15/h5-8,15H,3-4,9-11H2,1-2H3. The van der Waals surface area contributed by atoms with E-state index in [9.17, 15) is 13.5 Å². The first-order chi connectivity index (χ1) is 8.57. The lowest BCUT2D eigenvalue weighted by Crippen LogP contribution is -2.33. The van der Waals surface area contributed by atoms with E-state index in [1.54, 1.807) is 24.3 Å². The Labute approximate surface area is 109 Å². The molecule has 0 saturated carbocycles. The van der Waals surface area contributed by atoms with Crippen molar-refractivity contribution in [1.82, 2.24) is 4.31 Å². The third-order valence-electron chi connectivity index (χ3n) is 2.71. The van der Waals surface area contributed by atoms with Gasteiger partial charge < -0.3 is 5.11 Å². The summed E-state index contributed by atoms with van der Waals surface area (Å²) in [5.74, 6) is 0. The number of aliphatic hydroxyl groups is 1. The molecule has 1 aromatic rings. The van der Waals surface area contributed by atoms with Gasteiger partial charge in [-0.2, -0.15) is 4.31 Å². The van der Waals surface area contributed by atoms with Gasteiger partial charge in [-0.15, -0.1) is 0 Å². The van der Waals surface area contributed by atoms with Crippen LogP contribution in [0.25, 0.3) is 0 Å². The molecular formula is C13H21NO3S. The van der Waals surface area contributed by atoms with E-state index in [1.807, 2.05) is 13.8 Å². The lowest BCUT2D eigenvalue weighted by Gasteiger charge is -2.22. The summed E-state index contributed by atoms with van der Waals surface area (Å²) in [7, 11) is -3.49. The Morgan fingerprint density at radius 3 is 2.17 bits per heavy atom. The van der Waals surface area contributed by atoms with Crippen molar-refractivity contribution in [3.05, 3.63) is 29.8 Å². The van der Waals surface area contributed by atoms with Gasteiger partial charge in [0.25, 0.3) is 0 Å². The summed E-state index contributed by atoms with van der Waals surface area (Å²) in [5, 5.41) is 9.24. The summed E-state index contributed by atoms with van der Waals surface area (Å²) in [5.41, 5.74) is 0.453. The zero-order chi connectivity index (χ0) is 13.6. The number of hydrogen-bond donors (Lipinski definition) is 1. The maximum atomic E-state index is 12.5. The van der Waals surface area contributed by atoms with Gasteiger partial charge in [0.05, 0.1) is 11.5 Å². The third-order valence-corrected chi connectivity index (χ3v) is 4.71. The Balaban J connectivity index is 3.17. The Hall–Kier alpha value is -0.910.